The summed E-state index contributed by atoms with van der Waals surface area (Å²) in [5.74, 6) is 1.12. The molecule has 1 saturated heterocycles. The minimum atomic E-state index is -3.29. The maximum absolute atomic E-state index is 12.3. The SMILES string of the molecule is C=C(C)CS(=O)(=O)N1CCCN(c2nccc(OCC)n2)CC1. The molecule has 0 N–H and O–H groups in total. The summed E-state index contributed by atoms with van der Waals surface area (Å²) in [5, 5.41) is 0. The quantitative estimate of drug-likeness (QED) is 0.727. The Balaban J connectivity index is 2.06. The molecule has 0 spiro atoms. The number of hydrogen-bond donors (Lipinski definition) is 0. The third-order valence-corrected chi connectivity index (χ3v) is 5.48. The first kappa shape index (κ1) is 17.7. The molecule has 0 aliphatic carbocycles. The van der Waals surface area contributed by atoms with Crippen LogP contribution in [0.3, 0.4) is 0 Å². The fourth-order valence-corrected chi connectivity index (χ4v) is 4.06. The normalized spacial score (nSPS) is 16.9. The van der Waals surface area contributed by atoms with Crippen molar-refractivity contribution in [1.82, 2.24) is 14.3 Å². The van der Waals surface area contributed by atoms with Crippen LogP contribution in [-0.4, -0.2) is 61.2 Å². The van der Waals surface area contributed by atoms with Crippen LogP contribution in [0.1, 0.15) is 20.3 Å². The van der Waals surface area contributed by atoms with E-state index in [1.54, 1.807) is 19.2 Å². The lowest BCUT2D eigenvalue weighted by molar-refractivity contribution is 0.326. The van der Waals surface area contributed by atoms with Gasteiger partial charge in [0.1, 0.15) is 0 Å². The van der Waals surface area contributed by atoms with E-state index in [0.29, 0.717) is 50.2 Å². The van der Waals surface area contributed by atoms with Crippen molar-refractivity contribution < 1.29 is 13.2 Å². The van der Waals surface area contributed by atoms with Crippen LogP contribution in [0.5, 0.6) is 5.88 Å². The molecule has 7 nitrogen and oxygen atoms in total. The molecule has 1 aromatic rings. The molecule has 0 unspecified atom stereocenters. The highest BCUT2D eigenvalue weighted by Crippen LogP contribution is 2.17. The summed E-state index contributed by atoms with van der Waals surface area (Å²) in [5.41, 5.74) is 0.652. The molecule has 0 bridgehead atoms. The van der Waals surface area contributed by atoms with Crippen LogP contribution < -0.4 is 9.64 Å². The van der Waals surface area contributed by atoms with E-state index in [1.165, 1.54) is 4.31 Å². The van der Waals surface area contributed by atoms with Gasteiger partial charge in [0.05, 0.1) is 12.4 Å². The molecular formula is C15H24N4O3S. The number of nitrogens with zero attached hydrogens (tertiary/aromatic N) is 4. The average Bonchev–Trinajstić information content (AvgIpc) is 2.73. The topological polar surface area (TPSA) is 75.6 Å². The zero-order valence-electron chi connectivity index (χ0n) is 13.7. The van der Waals surface area contributed by atoms with Gasteiger partial charge in [-0.15, -0.1) is 0 Å². The van der Waals surface area contributed by atoms with Gasteiger partial charge < -0.3 is 9.64 Å². The Morgan fingerprint density at radius 3 is 2.83 bits per heavy atom. The fourth-order valence-electron chi connectivity index (χ4n) is 2.49. The highest BCUT2D eigenvalue weighted by molar-refractivity contribution is 7.89. The Labute approximate surface area is 138 Å². The van der Waals surface area contributed by atoms with Crippen LogP contribution in [0.2, 0.25) is 0 Å². The number of aromatic nitrogens is 2. The number of rotatable bonds is 6. The summed E-state index contributed by atoms with van der Waals surface area (Å²) in [4.78, 5) is 10.6. The second-order valence-corrected chi connectivity index (χ2v) is 7.55. The Morgan fingerprint density at radius 1 is 1.35 bits per heavy atom. The van der Waals surface area contributed by atoms with Gasteiger partial charge in [0.2, 0.25) is 21.9 Å². The fraction of sp³-hybridized carbons (Fsp3) is 0.600. The highest BCUT2D eigenvalue weighted by atomic mass is 32.2. The van der Waals surface area contributed by atoms with Crippen LogP contribution in [0.15, 0.2) is 24.4 Å². The Bertz CT molecular complexity index is 648. The minimum Gasteiger partial charge on any atom is -0.478 e. The Morgan fingerprint density at radius 2 is 2.13 bits per heavy atom. The zero-order valence-corrected chi connectivity index (χ0v) is 14.5. The van der Waals surface area contributed by atoms with Gasteiger partial charge in [-0.3, -0.25) is 0 Å². The monoisotopic (exact) mass is 340 g/mol. The van der Waals surface area contributed by atoms with E-state index in [9.17, 15) is 8.42 Å². The first-order valence-electron chi connectivity index (χ1n) is 7.75. The molecule has 0 amide bonds. The standard InChI is InChI=1S/C15H24N4O3S/c1-4-22-14-6-7-16-15(17-14)18-8-5-9-19(11-10-18)23(20,21)12-13(2)3/h6-7H,2,4-5,8-12H2,1,3H3. The highest BCUT2D eigenvalue weighted by Gasteiger charge is 2.25. The lowest BCUT2D eigenvalue weighted by atomic mass is 10.4. The van der Waals surface area contributed by atoms with Gasteiger partial charge in [-0.05, 0) is 20.3 Å². The summed E-state index contributed by atoms with van der Waals surface area (Å²) in [6, 6.07) is 1.72. The molecule has 23 heavy (non-hydrogen) atoms. The maximum atomic E-state index is 12.3. The third kappa shape index (κ3) is 4.90. The van der Waals surface area contributed by atoms with Crippen molar-refractivity contribution in [3.8, 4) is 5.88 Å². The average molecular weight is 340 g/mol. The molecule has 2 rings (SSSR count). The zero-order chi connectivity index (χ0) is 16.9. The van der Waals surface area contributed by atoms with E-state index in [4.69, 9.17) is 4.74 Å². The molecule has 1 aliphatic heterocycles. The summed E-state index contributed by atoms with van der Waals surface area (Å²) >= 11 is 0. The van der Waals surface area contributed by atoms with Crippen LogP contribution >= 0.6 is 0 Å². The molecule has 128 valence electrons. The van der Waals surface area contributed by atoms with Crippen LogP contribution in [0.4, 0.5) is 5.95 Å². The van der Waals surface area contributed by atoms with E-state index in [1.807, 2.05) is 11.8 Å². The predicted molar refractivity (Wildman–Crippen MR) is 90.2 cm³/mol. The van der Waals surface area contributed by atoms with Crippen molar-refractivity contribution in [3.05, 3.63) is 24.4 Å². The van der Waals surface area contributed by atoms with Crippen LogP contribution in [0.25, 0.3) is 0 Å². The van der Waals surface area contributed by atoms with Crippen molar-refractivity contribution in [2.75, 3.05) is 43.4 Å². The van der Waals surface area contributed by atoms with Gasteiger partial charge in [-0.25, -0.2) is 13.4 Å². The summed E-state index contributed by atoms with van der Waals surface area (Å²) in [6.45, 7) is 10.1. The van der Waals surface area contributed by atoms with E-state index in [-0.39, 0.29) is 5.75 Å². The predicted octanol–water partition coefficient (Wildman–Crippen LogP) is 1.29. The molecule has 0 aromatic carbocycles. The van der Waals surface area contributed by atoms with E-state index < -0.39 is 10.0 Å². The van der Waals surface area contributed by atoms with Crippen molar-refractivity contribution in [2.24, 2.45) is 0 Å². The van der Waals surface area contributed by atoms with Crippen LogP contribution in [-0.2, 0) is 10.0 Å². The number of anilines is 1. The van der Waals surface area contributed by atoms with Gasteiger partial charge in [0.25, 0.3) is 0 Å². The third-order valence-electron chi connectivity index (χ3n) is 3.47. The molecule has 1 aromatic heterocycles. The summed E-state index contributed by atoms with van der Waals surface area (Å²) in [7, 11) is -3.29. The molecule has 0 radical (unpaired) electrons. The minimum absolute atomic E-state index is 0.00330. The lowest BCUT2D eigenvalue weighted by Gasteiger charge is -2.22. The Hall–Kier alpha value is -1.67. The van der Waals surface area contributed by atoms with Crippen molar-refractivity contribution in [1.29, 1.82) is 0 Å². The summed E-state index contributed by atoms with van der Waals surface area (Å²) < 4.78 is 31.6. The number of ether oxygens (including phenoxy) is 1. The molecule has 0 saturated carbocycles. The van der Waals surface area contributed by atoms with Gasteiger partial charge in [0.15, 0.2) is 0 Å². The number of hydrogen-bond acceptors (Lipinski definition) is 6. The van der Waals surface area contributed by atoms with Gasteiger partial charge in [-0.1, -0.05) is 12.2 Å². The number of sulfonamides is 1. The summed E-state index contributed by atoms with van der Waals surface area (Å²) in [6.07, 6.45) is 2.39. The van der Waals surface area contributed by atoms with Gasteiger partial charge >= 0.3 is 0 Å². The molecule has 1 fully saturated rings. The van der Waals surface area contributed by atoms with E-state index in [0.717, 1.165) is 6.42 Å². The van der Waals surface area contributed by atoms with Gasteiger partial charge in [-0.2, -0.15) is 9.29 Å². The lowest BCUT2D eigenvalue weighted by Crippen LogP contribution is -2.37. The Kier molecular flexibility index (Phi) is 5.95. The van der Waals surface area contributed by atoms with E-state index in [2.05, 4.69) is 16.5 Å². The van der Waals surface area contributed by atoms with Crippen LogP contribution in [0, 0.1) is 0 Å². The second kappa shape index (κ2) is 7.74. The largest absolute Gasteiger partial charge is 0.478 e. The maximum Gasteiger partial charge on any atom is 0.228 e. The van der Waals surface area contributed by atoms with E-state index >= 15 is 0 Å². The second-order valence-electron chi connectivity index (χ2n) is 5.58. The molecule has 2 heterocycles. The van der Waals surface area contributed by atoms with Crippen molar-refractivity contribution in [2.45, 2.75) is 20.3 Å². The first-order valence-corrected chi connectivity index (χ1v) is 9.36. The molecule has 8 heteroatoms. The first-order chi connectivity index (χ1) is 10.9. The van der Waals surface area contributed by atoms with Crippen molar-refractivity contribution in [3.63, 3.8) is 0 Å². The molecule has 1 aliphatic rings. The van der Waals surface area contributed by atoms with Gasteiger partial charge in [0, 0.05) is 38.4 Å². The molecule has 0 atom stereocenters. The smallest absolute Gasteiger partial charge is 0.228 e. The molecular weight excluding hydrogens is 316 g/mol. The van der Waals surface area contributed by atoms with Crippen molar-refractivity contribution >= 4 is 16.0 Å².